The van der Waals surface area contributed by atoms with Crippen LogP contribution in [0.4, 0.5) is 0 Å². The number of halogens is 1. The Morgan fingerprint density at radius 3 is 2.93 bits per heavy atom. The maximum absolute atomic E-state index is 5.23. The van der Waals surface area contributed by atoms with Gasteiger partial charge >= 0.3 is 0 Å². The van der Waals surface area contributed by atoms with E-state index in [0.717, 1.165) is 17.1 Å². The Bertz CT molecular complexity index is 306. The summed E-state index contributed by atoms with van der Waals surface area (Å²) < 4.78 is 10.4. The zero-order chi connectivity index (χ0) is 9.10. The highest BCUT2D eigenvalue weighted by Gasteiger charge is 2.12. The van der Waals surface area contributed by atoms with E-state index in [9.17, 15) is 0 Å². The van der Waals surface area contributed by atoms with Gasteiger partial charge in [-0.1, -0.05) is 6.07 Å². The van der Waals surface area contributed by atoms with E-state index in [-0.39, 0.29) is 12.4 Å². The number of nitrogens with one attached hydrogen (secondary N) is 1. The van der Waals surface area contributed by atoms with Crippen molar-refractivity contribution in [1.29, 1.82) is 0 Å². The maximum Gasteiger partial charge on any atom is 0.231 e. The molecule has 0 fully saturated rings. The minimum Gasteiger partial charge on any atom is -0.454 e. The van der Waals surface area contributed by atoms with E-state index >= 15 is 0 Å². The van der Waals surface area contributed by atoms with Crippen LogP contribution in [0.5, 0.6) is 11.5 Å². The van der Waals surface area contributed by atoms with E-state index in [1.807, 2.05) is 18.2 Å². The molecule has 0 aliphatic carbocycles. The molecular weight excluding hydrogens is 206 g/mol. The number of benzene rings is 1. The second kappa shape index (κ2) is 5.05. The van der Waals surface area contributed by atoms with Crippen LogP contribution in [-0.4, -0.2) is 13.9 Å². The molecule has 0 bridgehead atoms. The third kappa shape index (κ3) is 2.29. The molecule has 0 amide bonds. The van der Waals surface area contributed by atoms with Gasteiger partial charge < -0.3 is 14.3 Å². The van der Waals surface area contributed by atoms with Crippen molar-refractivity contribution >= 4 is 12.4 Å². The van der Waals surface area contributed by atoms with Gasteiger partial charge in [-0.2, -0.15) is 5.48 Å². The predicted octanol–water partition coefficient (Wildman–Crippen LogP) is 1.49. The molecule has 2 rings (SSSR count). The number of hydrogen-bond donors (Lipinski definition) is 1. The molecule has 1 N–H and O–H groups in total. The average Bonchev–Trinajstić information content (AvgIpc) is 2.61. The van der Waals surface area contributed by atoms with E-state index in [1.54, 1.807) is 7.11 Å². The van der Waals surface area contributed by atoms with Gasteiger partial charge in [0.15, 0.2) is 11.5 Å². The van der Waals surface area contributed by atoms with Crippen LogP contribution in [0.15, 0.2) is 18.2 Å². The van der Waals surface area contributed by atoms with Crippen molar-refractivity contribution in [3.63, 3.8) is 0 Å². The van der Waals surface area contributed by atoms with Gasteiger partial charge in [-0.15, -0.1) is 12.4 Å². The van der Waals surface area contributed by atoms with E-state index in [4.69, 9.17) is 14.3 Å². The fourth-order valence-corrected chi connectivity index (χ4v) is 1.21. The van der Waals surface area contributed by atoms with Crippen molar-refractivity contribution in [2.24, 2.45) is 0 Å². The lowest BCUT2D eigenvalue weighted by Gasteiger charge is -2.02. The van der Waals surface area contributed by atoms with Gasteiger partial charge in [0.1, 0.15) is 0 Å². The normalized spacial score (nSPS) is 12.4. The molecule has 0 aromatic heterocycles. The topological polar surface area (TPSA) is 39.7 Å². The van der Waals surface area contributed by atoms with Gasteiger partial charge in [0.05, 0.1) is 7.11 Å². The zero-order valence-corrected chi connectivity index (χ0v) is 8.60. The van der Waals surface area contributed by atoms with Crippen molar-refractivity contribution in [3.05, 3.63) is 23.8 Å². The summed E-state index contributed by atoms with van der Waals surface area (Å²) >= 11 is 0. The molecule has 1 aliphatic rings. The van der Waals surface area contributed by atoms with Crippen LogP contribution < -0.4 is 15.0 Å². The zero-order valence-electron chi connectivity index (χ0n) is 7.78. The summed E-state index contributed by atoms with van der Waals surface area (Å²) in [5.74, 6) is 1.61. The molecule has 78 valence electrons. The van der Waals surface area contributed by atoms with E-state index in [1.165, 1.54) is 0 Å². The monoisotopic (exact) mass is 217 g/mol. The first kappa shape index (κ1) is 11.1. The van der Waals surface area contributed by atoms with Crippen LogP contribution in [0.3, 0.4) is 0 Å². The molecule has 5 heteroatoms. The van der Waals surface area contributed by atoms with Crippen LogP contribution in [0.2, 0.25) is 0 Å². The van der Waals surface area contributed by atoms with Crippen LogP contribution in [0.25, 0.3) is 0 Å². The Hall–Kier alpha value is -0.970. The molecular formula is C9H12ClNO3. The Labute approximate surface area is 88.5 Å². The van der Waals surface area contributed by atoms with Crippen molar-refractivity contribution in [3.8, 4) is 11.5 Å². The first-order chi connectivity index (χ1) is 6.40. The van der Waals surface area contributed by atoms with Crippen LogP contribution >= 0.6 is 12.4 Å². The maximum atomic E-state index is 5.23. The molecule has 4 nitrogen and oxygen atoms in total. The summed E-state index contributed by atoms with van der Waals surface area (Å²) in [6.45, 7) is 0.976. The number of rotatable bonds is 3. The standard InChI is InChI=1S/C9H11NO3.ClH/c1-11-10-5-7-2-3-8-9(4-7)13-6-12-8;/h2-4,10H,5-6H2,1H3;1H. The van der Waals surface area contributed by atoms with Gasteiger partial charge in [0, 0.05) is 6.54 Å². The molecule has 0 radical (unpaired) electrons. The summed E-state index contributed by atoms with van der Waals surface area (Å²) in [6.07, 6.45) is 0. The fourth-order valence-electron chi connectivity index (χ4n) is 1.21. The quantitative estimate of drug-likeness (QED) is 0.779. The number of ether oxygens (including phenoxy) is 2. The van der Waals surface area contributed by atoms with Crippen molar-refractivity contribution in [2.45, 2.75) is 6.54 Å². The van der Waals surface area contributed by atoms with Gasteiger partial charge in [0.2, 0.25) is 6.79 Å². The van der Waals surface area contributed by atoms with Crippen molar-refractivity contribution in [2.75, 3.05) is 13.9 Å². The lowest BCUT2D eigenvalue weighted by atomic mass is 10.2. The average molecular weight is 218 g/mol. The molecule has 1 heterocycles. The largest absolute Gasteiger partial charge is 0.454 e. The second-order valence-corrected chi connectivity index (χ2v) is 2.71. The van der Waals surface area contributed by atoms with Gasteiger partial charge in [-0.25, -0.2) is 0 Å². The first-order valence-corrected chi connectivity index (χ1v) is 4.04. The highest BCUT2D eigenvalue weighted by molar-refractivity contribution is 5.85. The molecule has 0 saturated heterocycles. The van der Waals surface area contributed by atoms with E-state index in [2.05, 4.69) is 5.48 Å². The van der Waals surface area contributed by atoms with E-state index in [0.29, 0.717) is 13.3 Å². The molecule has 1 aromatic carbocycles. The molecule has 14 heavy (non-hydrogen) atoms. The van der Waals surface area contributed by atoms with Gasteiger partial charge in [-0.05, 0) is 17.7 Å². The molecule has 0 spiro atoms. The highest BCUT2D eigenvalue weighted by Crippen LogP contribution is 2.32. The number of fused-ring (bicyclic) bond motifs is 1. The first-order valence-electron chi connectivity index (χ1n) is 4.04. The van der Waals surface area contributed by atoms with E-state index < -0.39 is 0 Å². The minimum absolute atomic E-state index is 0. The summed E-state index contributed by atoms with van der Waals surface area (Å²) in [7, 11) is 1.59. The van der Waals surface area contributed by atoms with Crippen LogP contribution in [-0.2, 0) is 11.4 Å². The predicted molar refractivity (Wildman–Crippen MR) is 53.7 cm³/mol. The van der Waals surface area contributed by atoms with Gasteiger partial charge in [0.25, 0.3) is 0 Å². The minimum atomic E-state index is 0. The fraction of sp³-hybridized carbons (Fsp3) is 0.333. The van der Waals surface area contributed by atoms with Crippen molar-refractivity contribution < 1.29 is 14.3 Å². The SMILES string of the molecule is CONCc1ccc2c(c1)OCO2.Cl. The summed E-state index contributed by atoms with van der Waals surface area (Å²) in [6, 6.07) is 5.81. The lowest BCUT2D eigenvalue weighted by molar-refractivity contribution is 0.0867. The lowest BCUT2D eigenvalue weighted by Crippen LogP contribution is -2.10. The van der Waals surface area contributed by atoms with Crippen LogP contribution in [0.1, 0.15) is 5.56 Å². The Kier molecular flexibility index (Phi) is 4.00. The number of hydroxylamine groups is 1. The van der Waals surface area contributed by atoms with Gasteiger partial charge in [-0.3, -0.25) is 0 Å². The van der Waals surface area contributed by atoms with Crippen molar-refractivity contribution in [1.82, 2.24) is 5.48 Å². The molecule has 0 atom stereocenters. The summed E-state index contributed by atoms with van der Waals surface area (Å²) in [5, 5.41) is 0. The third-order valence-corrected chi connectivity index (χ3v) is 1.86. The second-order valence-electron chi connectivity index (χ2n) is 2.71. The molecule has 1 aliphatic heterocycles. The highest BCUT2D eigenvalue weighted by atomic mass is 35.5. The number of hydrogen-bond acceptors (Lipinski definition) is 4. The summed E-state index contributed by atoms with van der Waals surface area (Å²) in [5.41, 5.74) is 3.86. The molecule has 1 aromatic rings. The Morgan fingerprint density at radius 2 is 2.14 bits per heavy atom. The smallest absolute Gasteiger partial charge is 0.231 e. The summed E-state index contributed by atoms with van der Waals surface area (Å²) in [4.78, 5) is 4.74. The van der Waals surface area contributed by atoms with Crippen LogP contribution in [0, 0.1) is 0 Å². The molecule has 0 saturated carbocycles. The Balaban J connectivity index is 0.000000980. The Morgan fingerprint density at radius 1 is 1.36 bits per heavy atom. The molecule has 0 unspecified atom stereocenters. The third-order valence-electron chi connectivity index (χ3n) is 1.86.